The summed E-state index contributed by atoms with van der Waals surface area (Å²) in [6.07, 6.45) is 3.27. The lowest BCUT2D eigenvalue weighted by atomic mass is 10.2. The molecule has 1 heterocycles. The van der Waals surface area contributed by atoms with Crippen molar-refractivity contribution in [2.45, 2.75) is 27.3 Å². The highest BCUT2D eigenvalue weighted by molar-refractivity contribution is 9.10. The first-order chi connectivity index (χ1) is 9.47. The zero-order chi connectivity index (χ0) is 14.7. The number of hydrogen-bond acceptors (Lipinski definition) is 3. The minimum atomic E-state index is -0.207. The van der Waals surface area contributed by atoms with E-state index in [4.69, 9.17) is 4.74 Å². The number of benzene rings is 1. The third-order valence-electron chi connectivity index (χ3n) is 2.79. The Morgan fingerprint density at radius 2 is 2.15 bits per heavy atom. The lowest BCUT2D eigenvalue weighted by Crippen LogP contribution is -2.23. The van der Waals surface area contributed by atoms with Crippen molar-refractivity contribution in [3.05, 3.63) is 51.0 Å². The Morgan fingerprint density at radius 1 is 1.40 bits per heavy atom. The first kappa shape index (κ1) is 14.8. The van der Waals surface area contributed by atoms with E-state index in [2.05, 4.69) is 34.8 Å². The molecule has 0 radical (unpaired) electrons. The number of hydrogen-bond donors (Lipinski definition) is 0. The molecule has 0 bridgehead atoms. The monoisotopic (exact) mass is 336 g/mol. The van der Waals surface area contributed by atoms with Crippen LogP contribution in [0.5, 0.6) is 11.6 Å². The van der Waals surface area contributed by atoms with Crippen LogP contribution in [0.1, 0.15) is 19.4 Å². The van der Waals surface area contributed by atoms with E-state index >= 15 is 0 Å². The molecule has 0 unspecified atom stereocenters. The SMILES string of the molecule is Cc1cc(Oc2nccn(CC(C)C)c2=O)ccc1Br. The van der Waals surface area contributed by atoms with Gasteiger partial charge in [-0.3, -0.25) is 4.79 Å². The van der Waals surface area contributed by atoms with Gasteiger partial charge < -0.3 is 9.30 Å². The summed E-state index contributed by atoms with van der Waals surface area (Å²) in [7, 11) is 0. The summed E-state index contributed by atoms with van der Waals surface area (Å²) in [6.45, 7) is 6.74. The molecule has 0 aliphatic carbocycles. The van der Waals surface area contributed by atoms with Gasteiger partial charge in [0.15, 0.2) is 0 Å². The van der Waals surface area contributed by atoms with E-state index in [-0.39, 0.29) is 11.4 Å². The van der Waals surface area contributed by atoms with Gasteiger partial charge in [0.05, 0.1) is 0 Å². The third kappa shape index (κ3) is 3.48. The van der Waals surface area contributed by atoms with Crippen LogP contribution in [0.15, 0.2) is 39.9 Å². The van der Waals surface area contributed by atoms with Crippen molar-refractivity contribution >= 4 is 15.9 Å². The first-order valence-electron chi connectivity index (χ1n) is 6.47. The van der Waals surface area contributed by atoms with Gasteiger partial charge in [0.1, 0.15) is 5.75 Å². The molecule has 0 amide bonds. The Hall–Kier alpha value is -1.62. The third-order valence-corrected chi connectivity index (χ3v) is 3.68. The van der Waals surface area contributed by atoms with E-state index < -0.39 is 0 Å². The van der Waals surface area contributed by atoms with Crippen molar-refractivity contribution < 1.29 is 4.74 Å². The minimum absolute atomic E-state index is 0.106. The molecule has 0 fully saturated rings. The van der Waals surface area contributed by atoms with Crippen LogP contribution in [-0.4, -0.2) is 9.55 Å². The standard InChI is InChI=1S/C15H17BrN2O2/c1-10(2)9-18-7-6-17-14(15(18)19)20-12-4-5-13(16)11(3)8-12/h4-8,10H,9H2,1-3H3. The molecule has 1 aromatic heterocycles. The van der Waals surface area contributed by atoms with Gasteiger partial charge in [-0.15, -0.1) is 0 Å². The lowest BCUT2D eigenvalue weighted by molar-refractivity contribution is 0.432. The van der Waals surface area contributed by atoms with Gasteiger partial charge in [-0.05, 0) is 36.6 Å². The second kappa shape index (κ2) is 6.22. The largest absolute Gasteiger partial charge is 0.435 e. The summed E-state index contributed by atoms with van der Waals surface area (Å²) in [4.78, 5) is 16.3. The zero-order valence-corrected chi connectivity index (χ0v) is 13.3. The van der Waals surface area contributed by atoms with Gasteiger partial charge in [-0.1, -0.05) is 29.8 Å². The molecule has 0 saturated carbocycles. The van der Waals surface area contributed by atoms with E-state index in [0.29, 0.717) is 18.2 Å². The molecular formula is C15H17BrN2O2. The Morgan fingerprint density at radius 3 is 2.80 bits per heavy atom. The maximum atomic E-state index is 12.2. The fourth-order valence-electron chi connectivity index (χ4n) is 1.83. The second-order valence-corrected chi connectivity index (χ2v) is 5.95. The molecule has 0 atom stereocenters. The molecule has 0 aliphatic rings. The van der Waals surface area contributed by atoms with E-state index in [1.165, 1.54) is 0 Å². The van der Waals surface area contributed by atoms with Crippen LogP contribution in [0.2, 0.25) is 0 Å². The zero-order valence-electron chi connectivity index (χ0n) is 11.8. The van der Waals surface area contributed by atoms with Crippen LogP contribution < -0.4 is 10.3 Å². The Kier molecular flexibility index (Phi) is 4.60. The molecule has 2 rings (SSSR count). The van der Waals surface area contributed by atoms with E-state index in [9.17, 15) is 4.79 Å². The summed E-state index contributed by atoms with van der Waals surface area (Å²) < 4.78 is 8.23. The molecule has 0 N–H and O–H groups in total. The van der Waals surface area contributed by atoms with Crippen LogP contribution in [-0.2, 0) is 6.54 Å². The Labute approximate surface area is 126 Å². The number of aromatic nitrogens is 2. The fraction of sp³-hybridized carbons (Fsp3) is 0.333. The molecule has 1 aromatic carbocycles. The Bertz CT molecular complexity index is 665. The van der Waals surface area contributed by atoms with Gasteiger partial charge >= 0.3 is 5.56 Å². The topological polar surface area (TPSA) is 44.1 Å². The summed E-state index contributed by atoms with van der Waals surface area (Å²) in [6, 6.07) is 5.56. The summed E-state index contributed by atoms with van der Waals surface area (Å²) in [5.74, 6) is 1.10. The van der Waals surface area contributed by atoms with Crippen LogP contribution in [0.4, 0.5) is 0 Å². The highest BCUT2D eigenvalue weighted by Gasteiger charge is 2.09. The predicted octanol–water partition coefficient (Wildman–Crippen LogP) is 3.76. The minimum Gasteiger partial charge on any atom is -0.435 e. The average Bonchev–Trinajstić information content (AvgIpc) is 2.38. The second-order valence-electron chi connectivity index (χ2n) is 5.10. The van der Waals surface area contributed by atoms with Crippen molar-refractivity contribution in [3.8, 4) is 11.6 Å². The highest BCUT2D eigenvalue weighted by Crippen LogP contribution is 2.23. The van der Waals surface area contributed by atoms with E-state index in [1.54, 1.807) is 23.0 Å². The predicted molar refractivity (Wildman–Crippen MR) is 82.3 cm³/mol. The molecule has 5 heteroatoms. The van der Waals surface area contributed by atoms with Gasteiger partial charge in [-0.25, -0.2) is 4.98 Å². The lowest BCUT2D eigenvalue weighted by Gasteiger charge is -2.10. The fourth-order valence-corrected chi connectivity index (χ4v) is 2.07. The number of rotatable bonds is 4. The number of halogens is 1. The van der Waals surface area contributed by atoms with Crippen LogP contribution in [0.25, 0.3) is 0 Å². The first-order valence-corrected chi connectivity index (χ1v) is 7.26. The molecule has 0 aliphatic heterocycles. The molecule has 20 heavy (non-hydrogen) atoms. The number of ether oxygens (including phenoxy) is 1. The van der Waals surface area contributed by atoms with Crippen LogP contribution in [0.3, 0.4) is 0 Å². The normalized spacial score (nSPS) is 10.8. The van der Waals surface area contributed by atoms with E-state index in [0.717, 1.165) is 10.0 Å². The number of nitrogens with zero attached hydrogens (tertiary/aromatic N) is 2. The molecule has 106 valence electrons. The Balaban J connectivity index is 2.29. The summed E-state index contributed by atoms with van der Waals surface area (Å²) in [5.41, 5.74) is 0.836. The number of aryl methyl sites for hydroxylation is 1. The van der Waals surface area contributed by atoms with Crippen LogP contribution >= 0.6 is 15.9 Å². The van der Waals surface area contributed by atoms with Gasteiger partial charge in [-0.2, -0.15) is 0 Å². The van der Waals surface area contributed by atoms with Crippen molar-refractivity contribution in [2.24, 2.45) is 5.92 Å². The van der Waals surface area contributed by atoms with Crippen molar-refractivity contribution in [1.82, 2.24) is 9.55 Å². The van der Waals surface area contributed by atoms with Gasteiger partial charge in [0, 0.05) is 23.4 Å². The van der Waals surface area contributed by atoms with Crippen molar-refractivity contribution in [2.75, 3.05) is 0 Å². The van der Waals surface area contributed by atoms with Crippen molar-refractivity contribution in [3.63, 3.8) is 0 Å². The molecule has 0 spiro atoms. The molecule has 2 aromatic rings. The maximum Gasteiger partial charge on any atom is 0.313 e. The highest BCUT2D eigenvalue weighted by atomic mass is 79.9. The summed E-state index contributed by atoms with van der Waals surface area (Å²) >= 11 is 3.43. The average molecular weight is 337 g/mol. The molecule has 0 saturated heterocycles. The molecule has 4 nitrogen and oxygen atoms in total. The summed E-state index contributed by atoms with van der Waals surface area (Å²) in [5, 5.41) is 0. The van der Waals surface area contributed by atoms with Crippen molar-refractivity contribution in [1.29, 1.82) is 0 Å². The smallest absolute Gasteiger partial charge is 0.313 e. The van der Waals surface area contributed by atoms with Gasteiger partial charge in [0.2, 0.25) is 0 Å². The van der Waals surface area contributed by atoms with E-state index in [1.807, 2.05) is 19.1 Å². The molecular weight excluding hydrogens is 320 g/mol. The quantitative estimate of drug-likeness (QED) is 0.853. The maximum absolute atomic E-state index is 12.2. The van der Waals surface area contributed by atoms with Crippen LogP contribution in [0, 0.1) is 12.8 Å². The van der Waals surface area contributed by atoms with Gasteiger partial charge in [0.25, 0.3) is 5.88 Å².